The number of carbonyl (C=O) groups excluding carboxylic acids is 1. The Morgan fingerprint density at radius 2 is 2.15 bits per heavy atom. The number of nitrogens with zero attached hydrogens (tertiary/aromatic N) is 4. The summed E-state index contributed by atoms with van der Waals surface area (Å²) in [6, 6.07) is 6.97. The highest BCUT2D eigenvalue weighted by atomic mass is 16.4. The summed E-state index contributed by atoms with van der Waals surface area (Å²) in [5, 5.41) is 6.20. The van der Waals surface area contributed by atoms with Gasteiger partial charge in [0, 0.05) is 26.2 Å². The summed E-state index contributed by atoms with van der Waals surface area (Å²) >= 11 is 0. The molecule has 2 aromatic heterocycles. The minimum absolute atomic E-state index is 0.0450. The van der Waals surface area contributed by atoms with Gasteiger partial charge in [0.1, 0.15) is 0 Å². The molecule has 0 aliphatic carbocycles. The maximum absolute atomic E-state index is 13.2. The zero-order chi connectivity index (χ0) is 23.4. The number of piperidine rings is 1. The van der Waals surface area contributed by atoms with Crippen LogP contribution in [0.3, 0.4) is 0 Å². The van der Waals surface area contributed by atoms with E-state index < -0.39 is 5.63 Å². The van der Waals surface area contributed by atoms with E-state index in [2.05, 4.69) is 37.3 Å². The molecule has 33 heavy (non-hydrogen) atoms. The third-order valence-corrected chi connectivity index (χ3v) is 5.53. The predicted octanol–water partition coefficient (Wildman–Crippen LogP) is 1.31. The molecule has 1 atom stereocenters. The van der Waals surface area contributed by atoms with E-state index in [-0.39, 0.29) is 24.4 Å². The molecule has 0 bridgehead atoms. The number of nitrogens with two attached hydrogens (primary N) is 1. The second-order valence-electron chi connectivity index (χ2n) is 7.82. The highest BCUT2D eigenvalue weighted by Crippen LogP contribution is 2.26. The van der Waals surface area contributed by atoms with Crippen LogP contribution in [-0.2, 0) is 13.1 Å². The maximum atomic E-state index is 13.2. The Kier molecular flexibility index (Phi) is 6.60. The van der Waals surface area contributed by atoms with Crippen molar-refractivity contribution in [3.63, 3.8) is 0 Å². The summed E-state index contributed by atoms with van der Waals surface area (Å²) in [4.78, 5) is 36.6. The number of amides is 1. The first-order valence-electron chi connectivity index (χ1n) is 10.9. The van der Waals surface area contributed by atoms with Crippen molar-refractivity contribution >= 4 is 28.6 Å². The molecule has 172 valence electrons. The summed E-state index contributed by atoms with van der Waals surface area (Å²) in [5.74, 6) is 6.73. The van der Waals surface area contributed by atoms with Gasteiger partial charge in [-0.3, -0.25) is 9.36 Å². The number of imidazole rings is 1. The molecule has 1 amide bonds. The summed E-state index contributed by atoms with van der Waals surface area (Å²) < 4.78 is 7.07. The Labute approximate surface area is 191 Å². The topological polar surface area (TPSA) is 131 Å². The Balaban J connectivity index is 1.63. The number of aromatic nitrogens is 3. The molecule has 4 rings (SSSR count). The van der Waals surface area contributed by atoms with Gasteiger partial charge in [-0.05, 0) is 31.9 Å². The average molecular weight is 450 g/mol. The lowest BCUT2D eigenvalue weighted by molar-refractivity contribution is 0.0939. The Morgan fingerprint density at radius 3 is 2.91 bits per heavy atom. The molecule has 10 heteroatoms. The Bertz CT molecular complexity index is 1280. The summed E-state index contributed by atoms with van der Waals surface area (Å²) in [6.07, 6.45) is 1.92. The molecule has 1 aliphatic heterocycles. The van der Waals surface area contributed by atoms with E-state index in [0.717, 1.165) is 19.4 Å². The van der Waals surface area contributed by atoms with Crippen LogP contribution in [0.4, 0.5) is 11.8 Å². The van der Waals surface area contributed by atoms with Crippen LogP contribution in [-0.4, -0.2) is 46.6 Å². The number of benzene rings is 1. The number of hydrogen-bond donors (Lipinski definition) is 3. The number of anilines is 2. The van der Waals surface area contributed by atoms with E-state index in [1.807, 2.05) is 0 Å². The van der Waals surface area contributed by atoms with Crippen molar-refractivity contribution < 1.29 is 9.21 Å². The third-order valence-electron chi connectivity index (χ3n) is 5.53. The van der Waals surface area contributed by atoms with Crippen LogP contribution < -0.4 is 26.9 Å². The number of nitrogens with one attached hydrogen (secondary N) is 2. The second kappa shape index (κ2) is 9.75. The van der Waals surface area contributed by atoms with Gasteiger partial charge >= 0.3 is 5.63 Å². The molecule has 1 unspecified atom stereocenters. The van der Waals surface area contributed by atoms with Crippen molar-refractivity contribution in [2.45, 2.75) is 38.9 Å². The molecule has 0 radical (unpaired) electrons. The molecular weight excluding hydrogens is 422 g/mol. The maximum Gasteiger partial charge on any atom is 0.346 e. The monoisotopic (exact) mass is 449 g/mol. The summed E-state index contributed by atoms with van der Waals surface area (Å²) in [5.41, 5.74) is 6.54. The Morgan fingerprint density at radius 1 is 1.33 bits per heavy atom. The largest absolute Gasteiger partial charge is 0.406 e. The van der Waals surface area contributed by atoms with Crippen LogP contribution in [0, 0.1) is 11.8 Å². The van der Waals surface area contributed by atoms with Crippen molar-refractivity contribution in [1.82, 2.24) is 19.9 Å². The standard InChI is InChI=1S/C23H27N7O3/c1-3-4-12-30-19(20(25-2)28-23(30)29-11-7-8-15(24)14-29)21(31)26-13-18-27-17-10-6-5-9-16(17)22(32)33-18/h5-6,9-10,15,25H,7-8,11-14,24H2,1-2H3,(H,26,31). The van der Waals surface area contributed by atoms with Gasteiger partial charge in [0.25, 0.3) is 5.91 Å². The van der Waals surface area contributed by atoms with Crippen LogP contribution in [0.15, 0.2) is 33.5 Å². The van der Waals surface area contributed by atoms with Gasteiger partial charge in [0.05, 0.1) is 24.0 Å². The molecule has 1 aromatic carbocycles. The van der Waals surface area contributed by atoms with Gasteiger partial charge < -0.3 is 25.7 Å². The molecule has 0 spiro atoms. The molecule has 1 aliphatic rings. The lowest BCUT2D eigenvalue weighted by atomic mass is 10.1. The van der Waals surface area contributed by atoms with Crippen LogP contribution in [0.2, 0.25) is 0 Å². The summed E-state index contributed by atoms with van der Waals surface area (Å²) in [6.45, 7) is 3.47. The van der Waals surface area contributed by atoms with Crippen LogP contribution in [0.5, 0.6) is 0 Å². The minimum Gasteiger partial charge on any atom is -0.406 e. The minimum atomic E-state index is -0.493. The third kappa shape index (κ3) is 4.68. The molecule has 10 nitrogen and oxygen atoms in total. The number of fused-ring (bicyclic) bond motifs is 1. The lowest BCUT2D eigenvalue weighted by Gasteiger charge is -2.31. The first-order chi connectivity index (χ1) is 16.0. The summed E-state index contributed by atoms with van der Waals surface area (Å²) in [7, 11) is 1.71. The van der Waals surface area contributed by atoms with Crippen molar-refractivity contribution in [1.29, 1.82) is 0 Å². The number of carbonyl (C=O) groups is 1. The fraction of sp³-hybridized carbons (Fsp3) is 0.391. The van der Waals surface area contributed by atoms with Crippen molar-refractivity contribution in [3.05, 3.63) is 46.3 Å². The fourth-order valence-corrected chi connectivity index (χ4v) is 3.96. The molecule has 1 fully saturated rings. The molecular formula is C23H27N7O3. The number of hydrogen-bond acceptors (Lipinski definition) is 8. The van der Waals surface area contributed by atoms with Crippen LogP contribution in [0.1, 0.15) is 36.1 Å². The van der Waals surface area contributed by atoms with E-state index in [1.54, 1.807) is 42.8 Å². The number of rotatable bonds is 6. The van der Waals surface area contributed by atoms with Crippen LogP contribution in [0.25, 0.3) is 10.9 Å². The molecule has 0 saturated carbocycles. The quantitative estimate of drug-likeness (QED) is 0.480. The van der Waals surface area contributed by atoms with Gasteiger partial charge in [-0.2, -0.15) is 4.98 Å². The first-order valence-corrected chi connectivity index (χ1v) is 10.9. The lowest BCUT2D eigenvalue weighted by Crippen LogP contribution is -2.44. The van der Waals surface area contributed by atoms with Crippen molar-refractivity contribution in [2.24, 2.45) is 5.73 Å². The van der Waals surface area contributed by atoms with Gasteiger partial charge in [-0.15, -0.1) is 5.92 Å². The van der Waals surface area contributed by atoms with Crippen molar-refractivity contribution in [3.8, 4) is 11.8 Å². The highest BCUT2D eigenvalue weighted by Gasteiger charge is 2.28. The van der Waals surface area contributed by atoms with Gasteiger partial charge in [0.15, 0.2) is 11.5 Å². The van der Waals surface area contributed by atoms with Gasteiger partial charge in [-0.1, -0.05) is 18.1 Å². The highest BCUT2D eigenvalue weighted by molar-refractivity contribution is 5.98. The van der Waals surface area contributed by atoms with Gasteiger partial charge in [-0.25, -0.2) is 9.78 Å². The fourth-order valence-electron chi connectivity index (χ4n) is 3.96. The van der Waals surface area contributed by atoms with Crippen molar-refractivity contribution in [2.75, 3.05) is 30.4 Å². The van der Waals surface area contributed by atoms with E-state index in [0.29, 0.717) is 41.5 Å². The van der Waals surface area contributed by atoms with E-state index >= 15 is 0 Å². The predicted molar refractivity (Wildman–Crippen MR) is 126 cm³/mol. The molecule has 3 heterocycles. The second-order valence-corrected chi connectivity index (χ2v) is 7.82. The van der Waals surface area contributed by atoms with E-state index in [4.69, 9.17) is 10.2 Å². The molecule has 4 N–H and O–H groups in total. The molecule has 3 aromatic rings. The normalized spacial score (nSPS) is 15.7. The average Bonchev–Trinajstić information content (AvgIpc) is 3.20. The zero-order valence-corrected chi connectivity index (χ0v) is 18.7. The van der Waals surface area contributed by atoms with E-state index in [9.17, 15) is 9.59 Å². The zero-order valence-electron chi connectivity index (χ0n) is 18.7. The smallest absolute Gasteiger partial charge is 0.346 e. The SMILES string of the molecule is CC#CCn1c(N2CCCC(N)C2)nc(NC)c1C(=O)NCc1nc2ccccc2c(=O)o1. The number of para-hydroxylation sites is 1. The molecule has 1 saturated heterocycles. The Hall–Kier alpha value is -3.84. The van der Waals surface area contributed by atoms with Gasteiger partial charge in [0.2, 0.25) is 11.8 Å². The van der Waals surface area contributed by atoms with E-state index in [1.165, 1.54) is 0 Å². The van der Waals surface area contributed by atoms with Crippen LogP contribution >= 0.6 is 0 Å². The first kappa shape index (κ1) is 22.4.